The maximum atomic E-state index is 12.6. The van der Waals surface area contributed by atoms with Crippen LogP contribution in [0.15, 0.2) is 66.7 Å². The molecule has 0 amide bonds. The number of thiophene rings is 1. The largest absolute Gasteiger partial charge is 0.497 e. The van der Waals surface area contributed by atoms with Crippen molar-refractivity contribution in [3.8, 4) is 39.2 Å². The summed E-state index contributed by atoms with van der Waals surface area (Å²) in [5.74, 6) is 4.15. The molecule has 0 saturated carbocycles. The van der Waals surface area contributed by atoms with Crippen molar-refractivity contribution in [3.05, 3.63) is 66.7 Å². The highest BCUT2D eigenvalue weighted by Crippen LogP contribution is 2.47. The molecule has 1 aliphatic heterocycles. The number of fused-ring (bicyclic) bond motifs is 1. The van der Waals surface area contributed by atoms with Gasteiger partial charge in [0.15, 0.2) is 5.75 Å². The molecule has 3 aromatic carbocycles. The first-order valence-electron chi connectivity index (χ1n) is 11.6. The standard InChI is InChI=1S/C28H28FNO4S/c1-31-21-5-3-20(4-6-21)28-27(25-12-11-24(32-2)15-26(25)35-28)34-23-9-7-22(8-10-23)33-14-13-30-17-19(16-29)18-30/h3-12,15,19H,13-14,16-18H2,1-2H3. The molecule has 0 bridgehead atoms. The van der Waals surface area contributed by atoms with E-state index in [0.29, 0.717) is 6.61 Å². The van der Waals surface area contributed by atoms with E-state index in [0.717, 1.165) is 68.9 Å². The molecule has 1 aromatic heterocycles. The molecule has 182 valence electrons. The molecule has 1 saturated heterocycles. The second-order valence-corrected chi connectivity index (χ2v) is 9.60. The Morgan fingerprint density at radius 2 is 1.51 bits per heavy atom. The number of likely N-dealkylation sites (tertiary alicyclic amines) is 1. The van der Waals surface area contributed by atoms with Crippen LogP contribution in [0.3, 0.4) is 0 Å². The predicted octanol–water partition coefficient (Wildman–Crippen LogP) is 6.66. The van der Waals surface area contributed by atoms with E-state index in [1.54, 1.807) is 25.6 Å². The monoisotopic (exact) mass is 493 g/mol. The molecule has 0 unspecified atom stereocenters. The Bertz CT molecular complexity index is 1270. The van der Waals surface area contributed by atoms with E-state index in [-0.39, 0.29) is 12.6 Å². The summed E-state index contributed by atoms with van der Waals surface area (Å²) in [6.07, 6.45) is 0. The summed E-state index contributed by atoms with van der Waals surface area (Å²) in [5, 5.41) is 1.03. The van der Waals surface area contributed by atoms with Gasteiger partial charge < -0.3 is 18.9 Å². The van der Waals surface area contributed by atoms with Crippen molar-refractivity contribution in [2.45, 2.75) is 0 Å². The summed E-state index contributed by atoms with van der Waals surface area (Å²) in [7, 11) is 3.33. The smallest absolute Gasteiger partial charge is 0.153 e. The molecule has 4 aromatic rings. The molecule has 0 radical (unpaired) electrons. The third-order valence-corrected chi connectivity index (χ3v) is 7.36. The molecule has 7 heteroatoms. The number of hydrogen-bond acceptors (Lipinski definition) is 6. The van der Waals surface area contributed by atoms with Crippen LogP contribution in [0.4, 0.5) is 4.39 Å². The second-order valence-electron chi connectivity index (χ2n) is 8.55. The highest BCUT2D eigenvalue weighted by molar-refractivity contribution is 7.22. The summed E-state index contributed by atoms with van der Waals surface area (Å²) in [6.45, 7) is 2.81. The lowest BCUT2D eigenvalue weighted by Crippen LogP contribution is -2.49. The molecular formula is C28H28FNO4S. The van der Waals surface area contributed by atoms with E-state index >= 15 is 0 Å². The highest BCUT2D eigenvalue weighted by Gasteiger charge is 2.25. The van der Waals surface area contributed by atoms with Crippen LogP contribution in [0.5, 0.6) is 28.7 Å². The van der Waals surface area contributed by atoms with Crippen molar-refractivity contribution < 1.29 is 23.3 Å². The van der Waals surface area contributed by atoms with Gasteiger partial charge in [-0.25, -0.2) is 0 Å². The molecule has 0 spiro atoms. The van der Waals surface area contributed by atoms with Crippen LogP contribution in [0.2, 0.25) is 0 Å². The van der Waals surface area contributed by atoms with E-state index in [9.17, 15) is 4.39 Å². The lowest BCUT2D eigenvalue weighted by atomic mass is 10.0. The number of halogens is 1. The van der Waals surface area contributed by atoms with Gasteiger partial charge in [-0.1, -0.05) is 0 Å². The third-order valence-electron chi connectivity index (χ3n) is 6.17. The first-order valence-corrected chi connectivity index (χ1v) is 12.4. The average molecular weight is 494 g/mol. The lowest BCUT2D eigenvalue weighted by molar-refractivity contribution is 0.0668. The van der Waals surface area contributed by atoms with E-state index < -0.39 is 0 Å². The van der Waals surface area contributed by atoms with Crippen LogP contribution in [-0.4, -0.2) is 52.0 Å². The second kappa shape index (κ2) is 10.5. The van der Waals surface area contributed by atoms with E-state index in [1.165, 1.54) is 0 Å². The van der Waals surface area contributed by atoms with Gasteiger partial charge in [0.05, 0.1) is 25.8 Å². The number of ether oxygens (including phenoxy) is 4. The molecule has 5 nitrogen and oxygen atoms in total. The zero-order valence-corrected chi connectivity index (χ0v) is 20.6. The number of alkyl halides is 1. The Kier molecular flexibility index (Phi) is 7.06. The minimum Gasteiger partial charge on any atom is -0.497 e. The zero-order valence-electron chi connectivity index (χ0n) is 19.8. The number of hydrogen-bond donors (Lipinski definition) is 0. The molecule has 0 atom stereocenters. The van der Waals surface area contributed by atoms with Crippen LogP contribution in [-0.2, 0) is 0 Å². The summed E-state index contributed by atoms with van der Waals surface area (Å²) >= 11 is 1.67. The number of benzene rings is 3. The topological polar surface area (TPSA) is 40.2 Å². The van der Waals surface area contributed by atoms with E-state index in [1.807, 2.05) is 66.7 Å². The van der Waals surface area contributed by atoms with Gasteiger partial charge in [0.2, 0.25) is 0 Å². The van der Waals surface area contributed by atoms with Gasteiger partial charge in [0, 0.05) is 35.6 Å². The minimum absolute atomic E-state index is 0.198. The van der Waals surface area contributed by atoms with Crippen LogP contribution in [0.25, 0.3) is 20.5 Å². The van der Waals surface area contributed by atoms with E-state index in [4.69, 9.17) is 18.9 Å². The number of methoxy groups -OCH3 is 2. The maximum Gasteiger partial charge on any atom is 0.153 e. The fraction of sp³-hybridized carbons (Fsp3) is 0.286. The van der Waals surface area contributed by atoms with Crippen LogP contribution >= 0.6 is 11.3 Å². The quantitative estimate of drug-likeness (QED) is 0.247. The molecular weight excluding hydrogens is 465 g/mol. The molecule has 1 fully saturated rings. The SMILES string of the molecule is COc1ccc(-c2sc3cc(OC)ccc3c2Oc2ccc(OCCN3CC(CF)C3)cc2)cc1. The number of nitrogens with zero attached hydrogens (tertiary/aromatic N) is 1. The first-order chi connectivity index (χ1) is 17.2. The highest BCUT2D eigenvalue weighted by atomic mass is 32.1. The van der Waals surface area contributed by atoms with Gasteiger partial charge in [-0.05, 0) is 72.3 Å². The van der Waals surface area contributed by atoms with Crippen molar-refractivity contribution in [3.63, 3.8) is 0 Å². The van der Waals surface area contributed by atoms with E-state index in [2.05, 4.69) is 4.90 Å². The van der Waals surface area contributed by atoms with Gasteiger partial charge in [0.1, 0.15) is 29.6 Å². The summed E-state index contributed by atoms with van der Waals surface area (Å²) < 4.78 is 36.7. The molecule has 35 heavy (non-hydrogen) atoms. The van der Waals surface area contributed by atoms with Crippen molar-refractivity contribution in [2.24, 2.45) is 5.92 Å². The molecule has 2 heterocycles. The van der Waals surface area contributed by atoms with Crippen molar-refractivity contribution in [1.29, 1.82) is 0 Å². The van der Waals surface area contributed by atoms with Crippen LogP contribution in [0, 0.1) is 5.92 Å². The van der Waals surface area contributed by atoms with Crippen molar-refractivity contribution in [2.75, 3.05) is 47.1 Å². The van der Waals surface area contributed by atoms with Gasteiger partial charge in [-0.15, -0.1) is 11.3 Å². The van der Waals surface area contributed by atoms with Gasteiger partial charge in [-0.2, -0.15) is 0 Å². The Morgan fingerprint density at radius 3 is 2.20 bits per heavy atom. The summed E-state index contributed by atoms with van der Waals surface area (Å²) in [6, 6.07) is 21.7. The average Bonchev–Trinajstić information content (AvgIpc) is 3.23. The summed E-state index contributed by atoms with van der Waals surface area (Å²) in [4.78, 5) is 3.25. The van der Waals surface area contributed by atoms with Crippen molar-refractivity contribution in [1.82, 2.24) is 4.90 Å². The minimum atomic E-state index is -0.230. The van der Waals surface area contributed by atoms with Crippen LogP contribution < -0.4 is 18.9 Å². The predicted molar refractivity (Wildman–Crippen MR) is 138 cm³/mol. The third kappa shape index (κ3) is 5.21. The first kappa shape index (κ1) is 23.5. The van der Waals surface area contributed by atoms with Gasteiger partial charge in [0.25, 0.3) is 0 Å². The van der Waals surface area contributed by atoms with Crippen LogP contribution in [0.1, 0.15) is 0 Å². The zero-order chi connectivity index (χ0) is 24.2. The molecule has 5 rings (SSSR count). The lowest BCUT2D eigenvalue weighted by Gasteiger charge is -2.37. The number of rotatable bonds is 10. The Morgan fingerprint density at radius 1 is 0.857 bits per heavy atom. The van der Waals surface area contributed by atoms with Crippen molar-refractivity contribution >= 4 is 21.4 Å². The Hall–Kier alpha value is -3.29. The van der Waals surface area contributed by atoms with Gasteiger partial charge >= 0.3 is 0 Å². The molecule has 0 aliphatic carbocycles. The Labute approximate surface area is 208 Å². The molecule has 1 aliphatic rings. The fourth-order valence-corrected chi connectivity index (χ4v) is 5.35. The normalized spacial score (nSPS) is 14.0. The fourth-order valence-electron chi connectivity index (χ4n) is 4.19. The summed E-state index contributed by atoms with van der Waals surface area (Å²) in [5.41, 5.74) is 1.06. The Balaban J connectivity index is 1.33. The van der Waals surface area contributed by atoms with Gasteiger partial charge in [-0.3, -0.25) is 9.29 Å². The maximum absolute atomic E-state index is 12.6. The molecule has 0 N–H and O–H groups in total.